The van der Waals surface area contributed by atoms with Crippen LogP contribution in [0.4, 0.5) is 14.9 Å². The Morgan fingerprint density at radius 3 is 2.18 bits per heavy atom. The van der Waals surface area contributed by atoms with Crippen LogP contribution in [0.5, 0.6) is 0 Å². The maximum Gasteiger partial charge on any atom is 0.325 e. The summed E-state index contributed by atoms with van der Waals surface area (Å²) in [5.41, 5.74) is 0.143. The van der Waals surface area contributed by atoms with Crippen LogP contribution in [0, 0.1) is 5.82 Å². The average molecular weight is 452 g/mol. The summed E-state index contributed by atoms with van der Waals surface area (Å²) in [6.07, 6.45) is 0.436. The van der Waals surface area contributed by atoms with Crippen molar-refractivity contribution in [3.63, 3.8) is 0 Å². The average Bonchev–Trinajstić information content (AvgIpc) is 3.21. The molecule has 0 bridgehead atoms. The van der Waals surface area contributed by atoms with Crippen LogP contribution in [0.15, 0.2) is 48.5 Å². The lowest BCUT2D eigenvalue weighted by Gasteiger charge is -2.22. The fraction of sp³-hybridized carbons (Fsp3) is 0.261. The molecule has 10 heteroatoms. The van der Waals surface area contributed by atoms with Gasteiger partial charge in [-0.15, -0.1) is 0 Å². The highest BCUT2D eigenvalue weighted by atomic mass is 19.1. The van der Waals surface area contributed by atoms with Crippen LogP contribution < -0.4 is 10.6 Å². The molecule has 170 valence electrons. The molecule has 0 saturated carbocycles. The molecule has 2 aliphatic rings. The van der Waals surface area contributed by atoms with E-state index in [1.54, 1.807) is 24.3 Å². The van der Waals surface area contributed by atoms with Gasteiger partial charge in [0.2, 0.25) is 17.7 Å². The Labute approximate surface area is 188 Å². The molecule has 1 unspecified atom stereocenters. The molecular formula is C23H21FN4O5. The summed E-state index contributed by atoms with van der Waals surface area (Å²) >= 11 is 0. The maximum atomic E-state index is 13.2. The first-order chi connectivity index (χ1) is 15.7. The van der Waals surface area contributed by atoms with E-state index >= 15 is 0 Å². The van der Waals surface area contributed by atoms with Gasteiger partial charge in [0.25, 0.3) is 5.91 Å². The van der Waals surface area contributed by atoms with E-state index in [9.17, 15) is 28.4 Å². The Morgan fingerprint density at radius 2 is 1.58 bits per heavy atom. The van der Waals surface area contributed by atoms with E-state index in [-0.39, 0.29) is 31.2 Å². The second-order valence-corrected chi connectivity index (χ2v) is 8.07. The van der Waals surface area contributed by atoms with E-state index in [0.717, 1.165) is 10.5 Å². The van der Waals surface area contributed by atoms with Gasteiger partial charge in [-0.1, -0.05) is 24.3 Å². The quantitative estimate of drug-likeness (QED) is 0.513. The second kappa shape index (κ2) is 8.45. The van der Waals surface area contributed by atoms with Crippen LogP contribution >= 0.6 is 0 Å². The SMILES string of the molecule is CC1(c2ccc(F)cc2)NC(=O)N(CC(=O)Nc2ccc(CN3C(=O)CCC3=O)cc2)C1=O. The Balaban J connectivity index is 1.38. The summed E-state index contributed by atoms with van der Waals surface area (Å²) in [6, 6.07) is 11.0. The molecule has 9 nitrogen and oxygen atoms in total. The Bertz CT molecular complexity index is 1130. The van der Waals surface area contributed by atoms with E-state index in [0.29, 0.717) is 11.3 Å². The zero-order valence-electron chi connectivity index (χ0n) is 17.8. The number of anilines is 1. The van der Waals surface area contributed by atoms with Crippen molar-refractivity contribution in [1.82, 2.24) is 15.1 Å². The molecule has 4 rings (SSSR count). The van der Waals surface area contributed by atoms with Gasteiger partial charge in [-0.2, -0.15) is 0 Å². The van der Waals surface area contributed by atoms with Crippen molar-refractivity contribution in [2.75, 3.05) is 11.9 Å². The lowest BCUT2D eigenvalue weighted by atomic mass is 9.92. The van der Waals surface area contributed by atoms with Crippen LogP contribution in [0.2, 0.25) is 0 Å². The first-order valence-electron chi connectivity index (χ1n) is 10.3. The topological polar surface area (TPSA) is 116 Å². The molecule has 33 heavy (non-hydrogen) atoms. The predicted molar refractivity (Wildman–Crippen MR) is 114 cm³/mol. The van der Waals surface area contributed by atoms with Crippen molar-refractivity contribution in [1.29, 1.82) is 0 Å². The normalized spacial score (nSPS) is 20.4. The number of hydrogen-bond acceptors (Lipinski definition) is 5. The van der Waals surface area contributed by atoms with E-state index in [4.69, 9.17) is 0 Å². The van der Waals surface area contributed by atoms with Gasteiger partial charge in [-0.3, -0.25) is 29.0 Å². The van der Waals surface area contributed by atoms with Gasteiger partial charge in [0.1, 0.15) is 17.9 Å². The summed E-state index contributed by atoms with van der Waals surface area (Å²) < 4.78 is 13.2. The van der Waals surface area contributed by atoms with Crippen molar-refractivity contribution >= 4 is 35.3 Å². The number of halogens is 1. The Morgan fingerprint density at radius 1 is 0.970 bits per heavy atom. The summed E-state index contributed by atoms with van der Waals surface area (Å²) in [4.78, 5) is 63.2. The van der Waals surface area contributed by atoms with Crippen LogP contribution in [0.25, 0.3) is 0 Å². The fourth-order valence-corrected chi connectivity index (χ4v) is 3.84. The number of nitrogens with one attached hydrogen (secondary N) is 2. The highest BCUT2D eigenvalue weighted by Crippen LogP contribution is 2.29. The number of urea groups is 1. The van der Waals surface area contributed by atoms with E-state index in [2.05, 4.69) is 10.6 Å². The number of likely N-dealkylation sites (tertiary alicyclic amines) is 1. The van der Waals surface area contributed by atoms with Gasteiger partial charge in [0, 0.05) is 18.5 Å². The third kappa shape index (κ3) is 4.32. The van der Waals surface area contributed by atoms with Gasteiger partial charge >= 0.3 is 6.03 Å². The zero-order chi connectivity index (χ0) is 23.8. The molecule has 2 saturated heterocycles. The molecule has 6 amide bonds. The summed E-state index contributed by atoms with van der Waals surface area (Å²) in [6.45, 7) is 1.16. The number of imide groups is 2. The van der Waals surface area contributed by atoms with Gasteiger partial charge in [0.05, 0.1) is 6.54 Å². The zero-order valence-corrected chi connectivity index (χ0v) is 17.8. The molecule has 2 aromatic carbocycles. The number of carbonyl (C=O) groups is 5. The first-order valence-corrected chi connectivity index (χ1v) is 10.3. The summed E-state index contributed by atoms with van der Waals surface area (Å²) in [7, 11) is 0. The van der Waals surface area contributed by atoms with Gasteiger partial charge in [0.15, 0.2) is 0 Å². The molecule has 1 atom stereocenters. The number of amides is 6. The second-order valence-electron chi connectivity index (χ2n) is 8.07. The minimum Gasteiger partial charge on any atom is -0.325 e. The highest BCUT2D eigenvalue weighted by Gasteiger charge is 2.49. The molecule has 0 radical (unpaired) electrons. The number of hydrogen-bond donors (Lipinski definition) is 2. The van der Waals surface area contributed by atoms with Crippen molar-refractivity contribution in [3.05, 3.63) is 65.5 Å². The minimum absolute atomic E-state index is 0.163. The number of nitrogens with zero attached hydrogens (tertiary/aromatic N) is 2. The molecule has 2 heterocycles. The van der Waals surface area contributed by atoms with Gasteiger partial charge in [-0.05, 0) is 42.3 Å². The monoisotopic (exact) mass is 452 g/mol. The molecule has 2 fully saturated rings. The molecule has 2 aliphatic heterocycles. The maximum absolute atomic E-state index is 13.2. The molecule has 0 aromatic heterocycles. The van der Waals surface area contributed by atoms with Crippen LogP contribution in [-0.2, 0) is 31.3 Å². The Kier molecular flexibility index (Phi) is 5.67. The molecule has 2 aromatic rings. The largest absolute Gasteiger partial charge is 0.325 e. The smallest absolute Gasteiger partial charge is 0.325 e. The Hall–Kier alpha value is -4.08. The fourth-order valence-electron chi connectivity index (χ4n) is 3.84. The third-order valence-electron chi connectivity index (χ3n) is 5.73. The molecule has 2 N–H and O–H groups in total. The van der Waals surface area contributed by atoms with Gasteiger partial charge in [-0.25, -0.2) is 9.18 Å². The van der Waals surface area contributed by atoms with Crippen molar-refractivity contribution in [2.24, 2.45) is 0 Å². The molecule has 0 spiro atoms. The van der Waals surface area contributed by atoms with E-state index < -0.39 is 35.7 Å². The molecular weight excluding hydrogens is 431 g/mol. The highest BCUT2D eigenvalue weighted by molar-refractivity contribution is 6.10. The van der Waals surface area contributed by atoms with Crippen molar-refractivity contribution in [2.45, 2.75) is 31.8 Å². The third-order valence-corrected chi connectivity index (χ3v) is 5.73. The van der Waals surface area contributed by atoms with Crippen molar-refractivity contribution < 1.29 is 28.4 Å². The number of rotatable bonds is 6. The first kappa shape index (κ1) is 22.1. The standard InChI is InChI=1S/C23H21FN4O5/c1-23(15-4-6-16(24)7-5-15)21(32)28(22(33)26-23)13-18(29)25-17-8-2-14(3-9-17)12-27-19(30)10-11-20(27)31/h2-9H,10-13H2,1H3,(H,25,29)(H,26,33). The van der Waals surface area contributed by atoms with Crippen LogP contribution in [-0.4, -0.2) is 46.0 Å². The van der Waals surface area contributed by atoms with Crippen LogP contribution in [0.3, 0.4) is 0 Å². The van der Waals surface area contributed by atoms with Crippen molar-refractivity contribution in [3.8, 4) is 0 Å². The summed E-state index contributed by atoms with van der Waals surface area (Å²) in [5.74, 6) is -2.10. The number of carbonyl (C=O) groups excluding carboxylic acids is 5. The lowest BCUT2D eigenvalue weighted by molar-refractivity contribution is -0.139. The van der Waals surface area contributed by atoms with E-state index in [1.165, 1.54) is 36.1 Å². The number of benzene rings is 2. The minimum atomic E-state index is -1.41. The van der Waals surface area contributed by atoms with Gasteiger partial charge < -0.3 is 10.6 Å². The predicted octanol–water partition coefficient (Wildman–Crippen LogP) is 1.88. The lowest BCUT2D eigenvalue weighted by Crippen LogP contribution is -2.42. The van der Waals surface area contributed by atoms with E-state index in [1.807, 2.05) is 0 Å². The summed E-state index contributed by atoms with van der Waals surface area (Å²) in [5, 5.41) is 5.17. The molecule has 0 aliphatic carbocycles. The van der Waals surface area contributed by atoms with Crippen LogP contribution in [0.1, 0.15) is 30.9 Å².